The van der Waals surface area contributed by atoms with Crippen molar-refractivity contribution in [3.8, 4) is 0 Å². The normalized spacial score (nSPS) is 10.1. The summed E-state index contributed by atoms with van der Waals surface area (Å²) in [6.45, 7) is 2.71. The monoisotopic (exact) mass is 235 g/mol. The molecule has 2 aromatic heterocycles. The van der Waals surface area contributed by atoms with Crippen molar-refractivity contribution in [1.82, 2.24) is 9.97 Å². The molecule has 0 aliphatic heterocycles. The van der Waals surface area contributed by atoms with Crippen LogP contribution in [0, 0.1) is 6.92 Å². The standard InChI is InChI=1S/C10H13N5S/c1-7-4-13-10(15-11)14-9(7)12-5-8-2-3-16-6-8/h2-4,6H,5,11H2,1H3,(H2,12,13,14,15). The summed E-state index contributed by atoms with van der Waals surface area (Å²) in [5.74, 6) is 6.47. The van der Waals surface area contributed by atoms with Crippen LogP contribution in [0.5, 0.6) is 0 Å². The van der Waals surface area contributed by atoms with Crippen molar-refractivity contribution in [3.05, 3.63) is 34.2 Å². The highest BCUT2D eigenvalue weighted by Crippen LogP contribution is 2.14. The third-order valence-corrected chi connectivity index (χ3v) is 2.87. The highest BCUT2D eigenvalue weighted by Gasteiger charge is 2.02. The molecule has 5 nitrogen and oxygen atoms in total. The van der Waals surface area contributed by atoms with Gasteiger partial charge in [-0.2, -0.15) is 16.3 Å². The fraction of sp³-hybridized carbons (Fsp3) is 0.200. The number of thiophene rings is 1. The molecule has 2 aromatic rings. The second-order valence-electron chi connectivity index (χ2n) is 3.35. The number of nitrogens with two attached hydrogens (primary N) is 1. The van der Waals surface area contributed by atoms with Crippen LogP contribution < -0.4 is 16.6 Å². The first-order valence-corrected chi connectivity index (χ1v) is 5.79. The SMILES string of the molecule is Cc1cnc(NN)nc1NCc1ccsc1. The van der Waals surface area contributed by atoms with Crippen LogP contribution >= 0.6 is 11.3 Å². The second-order valence-corrected chi connectivity index (χ2v) is 4.13. The van der Waals surface area contributed by atoms with Crippen molar-refractivity contribution in [2.24, 2.45) is 5.84 Å². The first-order chi connectivity index (χ1) is 7.79. The lowest BCUT2D eigenvalue weighted by atomic mass is 10.3. The number of anilines is 2. The van der Waals surface area contributed by atoms with Gasteiger partial charge in [-0.25, -0.2) is 10.8 Å². The number of aromatic nitrogens is 2. The molecule has 0 saturated heterocycles. The Labute approximate surface area is 97.7 Å². The first kappa shape index (κ1) is 10.8. The van der Waals surface area contributed by atoms with Gasteiger partial charge in [0.05, 0.1) is 0 Å². The molecule has 0 atom stereocenters. The van der Waals surface area contributed by atoms with Crippen LogP contribution in [0.15, 0.2) is 23.0 Å². The molecule has 0 aliphatic rings. The molecule has 0 saturated carbocycles. The van der Waals surface area contributed by atoms with Gasteiger partial charge in [0, 0.05) is 18.3 Å². The van der Waals surface area contributed by atoms with Crippen molar-refractivity contribution < 1.29 is 0 Å². The van der Waals surface area contributed by atoms with E-state index < -0.39 is 0 Å². The van der Waals surface area contributed by atoms with Gasteiger partial charge in [0.2, 0.25) is 5.95 Å². The average Bonchev–Trinajstić information content (AvgIpc) is 2.81. The Morgan fingerprint density at radius 1 is 1.50 bits per heavy atom. The maximum atomic E-state index is 5.26. The molecule has 0 amide bonds. The summed E-state index contributed by atoms with van der Waals surface area (Å²) < 4.78 is 0. The van der Waals surface area contributed by atoms with Gasteiger partial charge in [-0.3, -0.25) is 5.43 Å². The van der Waals surface area contributed by atoms with E-state index >= 15 is 0 Å². The van der Waals surface area contributed by atoms with E-state index in [0.717, 1.165) is 17.9 Å². The summed E-state index contributed by atoms with van der Waals surface area (Å²) >= 11 is 1.68. The molecule has 0 spiro atoms. The van der Waals surface area contributed by atoms with Gasteiger partial charge in [0.25, 0.3) is 0 Å². The molecule has 0 aromatic carbocycles. The molecular formula is C10H13N5S. The lowest BCUT2D eigenvalue weighted by Crippen LogP contribution is -2.12. The molecule has 4 N–H and O–H groups in total. The van der Waals surface area contributed by atoms with E-state index in [4.69, 9.17) is 5.84 Å². The van der Waals surface area contributed by atoms with Gasteiger partial charge < -0.3 is 5.32 Å². The molecule has 0 aliphatic carbocycles. The summed E-state index contributed by atoms with van der Waals surface area (Å²) in [7, 11) is 0. The average molecular weight is 235 g/mol. The molecule has 6 heteroatoms. The third kappa shape index (κ3) is 2.47. The minimum Gasteiger partial charge on any atom is -0.366 e. The van der Waals surface area contributed by atoms with Crippen LogP contribution in [0.25, 0.3) is 0 Å². The maximum absolute atomic E-state index is 5.26. The van der Waals surface area contributed by atoms with Crippen molar-refractivity contribution in [2.75, 3.05) is 10.7 Å². The van der Waals surface area contributed by atoms with Gasteiger partial charge in [0.1, 0.15) is 5.82 Å². The van der Waals surface area contributed by atoms with Crippen LogP contribution in [0.2, 0.25) is 0 Å². The number of hydrogen-bond acceptors (Lipinski definition) is 6. The fourth-order valence-corrected chi connectivity index (χ4v) is 1.94. The zero-order valence-corrected chi connectivity index (χ0v) is 9.71. The van der Waals surface area contributed by atoms with E-state index in [1.807, 2.05) is 6.92 Å². The van der Waals surface area contributed by atoms with Crippen molar-refractivity contribution in [1.29, 1.82) is 0 Å². The number of nitrogens with zero attached hydrogens (tertiary/aromatic N) is 2. The van der Waals surface area contributed by atoms with Gasteiger partial charge in [0.15, 0.2) is 0 Å². The molecule has 0 unspecified atom stereocenters. The molecule has 0 fully saturated rings. The maximum Gasteiger partial charge on any atom is 0.239 e. The summed E-state index contributed by atoms with van der Waals surface area (Å²) in [4.78, 5) is 8.25. The van der Waals surface area contributed by atoms with E-state index in [1.54, 1.807) is 17.5 Å². The first-order valence-electron chi connectivity index (χ1n) is 4.85. The minimum atomic E-state index is 0.415. The Bertz CT molecular complexity index is 454. The van der Waals surface area contributed by atoms with Crippen LogP contribution in [-0.2, 0) is 6.54 Å². The Morgan fingerprint density at radius 2 is 2.38 bits per heavy atom. The predicted octanol–water partition coefficient (Wildman–Crippen LogP) is 1.74. The van der Waals surface area contributed by atoms with Gasteiger partial charge in [-0.1, -0.05) is 0 Å². The Hall–Kier alpha value is -1.66. The number of nitrogens with one attached hydrogen (secondary N) is 2. The minimum absolute atomic E-state index is 0.415. The van der Waals surface area contributed by atoms with Gasteiger partial charge in [-0.15, -0.1) is 0 Å². The highest BCUT2D eigenvalue weighted by molar-refractivity contribution is 7.07. The lowest BCUT2D eigenvalue weighted by Gasteiger charge is -2.08. The molecule has 0 bridgehead atoms. The topological polar surface area (TPSA) is 75.9 Å². The summed E-state index contributed by atoms with van der Waals surface area (Å²) in [5.41, 5.74) is 4.66. The number of nitrogen functional groups attached to an aromatic ring is 1. The van der Waals surface area contributed by atoms with Crippen LogP contribution in [0.4, 0.5) is 11.8 Å². The van der Waals surface area contributed by atoms with E-state index in [2.05, 4.69) is 37.5 Å². The van der Waals surface area contributed by atoms with Crippen molar-refractivity contribution >= 4 is 23.1 Å². The van der Waals surface area contributed by atoms with E-state index in [0.29, 0.717) is 5.95 Å². The predicted molar refractivity (Wildman–Crippen MR) is 66.2 cm³/mol. The number of hydrogen-bond donors (Lipinski definition) is 3. The van der Waals surface area contributed by atoms with Gasteiger partial charge in [-0.05, 0) is 29.3 Å². The largest absolute Gasteiger partial charge is 0.366 e. The molecule has 2 rings (SSSR count). The van der Waals surface area contributed by atoms with E-state index in [-0.39, 0.29) is 0 Å². The fourth-order valence-electron chi connectivity index (χ4n) is 1.27. The van der Waals surface area contributed by atoms with Gasteiger partial charge >= 0.3 is 0 Å². The van der Waals surface area contributed by atoms with Crippen molar-refractivity contribution in [2.45, 2.75) is 13.5 Å². The summed E-state index contributed by atoms with van der Waals surface area (Å²) in [6, 6.07) is 2.08. The molecule has 16 heavy (non-hydrogen) atoms. The molecule has 84 valence electrons. The number of aryl methyl sites for hydroxylation is 1. The zero-order valence-electron chi connectivity index (χ0n) is 8.90. The zero-order chi connectivity index (χ0) is 11.4. The number of rotatable bonds is 4. The lowest BCUT2D eigenvalue weighted by molar-refractivity contribution is 1.05. The molecular weight excluding hydrogens is 222 g/mol. The Morgan fingerprint density at radius 3 is 3.06 bits per heavy atom. The highest BCUT2D eigenvalue weighted by atomic mass is 32.1. The van der Waals surface area contributed by atoms with E-state index in [1.165, 1.54) is 5.56 Å². The van der Waals surface area contributed by atoms with Crippen LogP contribution in [0.3, 0.4) is 0 Å². The van der Waals surface area contributed by atoms with Crippen molar-refractivity contribution in [3.63, 3.8) is 0 Å². The van der Waals surface area contributed by atoms with Crippen LogP contribution in [0.1, 0.15) is 11.1 Å². The smallest absolute Gasteiger partial charge is 0.239 e. The second kappa shape index (κ2) is 4.91. The Kier molecular flexibility index (Phi) is 3.33. The number of hydrazine groups is 1. The third-order valence-electron chi connectivity index (χ3n) is 2.14. The quantitative estimate of drug-likeness (QED) is 0.556. The Balaban J connectivity index is 2.08. The van der Waals surface area contributed by atoms with Crippen LogP contribution in [-0.4, -0.2) is 9.97 Å². The summed E-state index contributed by atoms with van der Waals surface area (Å²) in [5, 5.41) is 7.41. The molecule has 0 radical (unpaired) electrons. The van der Waals surface area contributed by atoms with E-state index in [9.17, 15) is 0 Å². The summed E-state index contributed by atoms with van der Waals surface area (Å²) in [6.07, 6.45) is 1.73. The molecule has 2 heterocycles.